The third-order valence-corrected chi connectivity index (χ3v) is 3.43. The fourth-order valence-electron chi connectivity index (χ4n) is 1.89. The van der Waals surface area contributed by atoms with Crippen LogP contribution >= 0.6 is 11.6 Å². The molecule has 0 aliphatic rings. The molecular weight excluding hydrogens is 349 g/mol. The van der Waals surface area contributed by atoms with Crippen molar-refractivity contribution in [2.75, 3.05) is 17.2 Å². The quantitative estimate of drug-likeness (QED) is 0.729. The van der Waals surface area contributed by atoms with Crippen LogP contribution in [0.15, 0.2) is 42.5 Å². The Morgan fingerprint density at radius 1 is 1.00 bits per heavy atom. The van der Waals surface area contributed by atoms with Gasteiger partial charge in [-0.05, 0) is 48.9 Å². The normalized spacial score (nSPS) is 10.0. The van der Waals surface area contributed by atoms with E-state index in [1.54, 1.807) is 25.1 Å². The van der Waals surface area contributed by atoms with Crippen LogP contribution in [0.2, 0.25) is 5.02 Å². The number of halogens is 2. The lowest BCUT2D eigenvalue weighted by molar-refractivity contribution is -0.136. The number of hydrogen-bond donors (Lipinski definition) is 3. The minimum absolute atomic E-state index is 0.264. The van der Waals surface area contributed by atoms with E-state index in [-0.39, 0.29) is 12.2 Å². The predicted octanol–water partition coefficient (Wildman–Crippen LogP) is 2.48. The highest BCUT2D eigenvalue weighted by molar-refractivity contribution is 6.40. The van der Waals surface area contributed by atoms with Gasteiger partial charge in [0.05, 0.1) is 6.54 Å². The van der Waals surface area contributed by atoms with Gasteiger partial charge in [-0.15, -0.1) is 0 Å². The van der Waals surface area contributed by atoms with E-state index >= 15 is 0 Å². The van der Waals surface area contributed by atoms with E-state index in [0.29, 0.717) is 10.7 Å². The molecule has 3 N–H and O–H groups in total. The Bertz CT molecular complexity index is 809. The molecule has 0 fully saturated rings. The lowest BCUT2D eigenvalue weighted by Gasteiger charge is -2.10. The predicted molar refractivity (Wildman–Crippen MR) is 92.9 cm³/mol. The Hall–Kier alpha value is -2.93. The van der Waals surface area contributed by atoms with Crippen LogP contribution in [0.1, 0.15) is 5.56 Å². The maximum absolute atomic E-state index is 12.8. The van der Waals surface area contributed by atoms with Gasteiger partial charge in [0.1, 0.15) is 5.82 Å². The van der Waals surface area contributed by atoms with Gasteiger partial charge in [-0.3, -0.25) is 14.4 Å². The van der Waals surface area contributed by atoms with Crippen molar-refractivity contribution >= 4 is 40.7 Å². The van der Waals surface area contributed by atoms with Gasteiger partial charge in [0.15, 0.2) is 0 Å². The van der Waals surface area contributed by atoms with Crippen LogP contribution in [0.5, 0.6) is 0 Å². The third kappa shape index (κ3) is 5.58. The number of anilines is 2. The molecule has 25 heavy (non-hydrogen) atoms. The van der Waals surface area contributed by atoms with Crippen molar-refractivity contribution in [1.82, 2.24) is 5.32 Å². The zero-order valence-corrected chi connectivity index (χ0v) is 14.0. The van der Waals surface area contributed by atoms with E-state index in [9.17, 15) is 18.8 Å². The highest BCUT2D eigenvalue weighted by atomic mass is 35.5. The second kappa shape index (κ2) is 8.25. The second-order valence-electron chi connectivity index (χ2n) is 5.15. The Morgan fingerprint density at radius 3 is 2.36 bits per heavy atom. The lowest BCUT2D eigenvalue weighted by atomic mass is 10.2. The fourth-order valence-corrected chi connectivity index (χ4v) is 2.06. The van der Waals surface area contributed by atoms with E-state index in [1.807, 2.05) is 0 Å². The molecule has 2 rings (SSSR count). The van der Waals surface area contributed by atoms with Crippen molar-refractivity contribution in [3.8, 4) is 0 Å². The number of benzene rings is 2. The third-order valence-electron chi connectivity index (χ3n) is 3.19. The first-order valence-electron chi connectivity index (χ1n) is 7.26. The minimum atomic E-state index is -0.984. The molecule has 3 amide bonds. The van der Waals surface area contributed by atoms with Gasteiger partial charge in [-0.2, -0.15) is 0 Å². The van der Waals surface area contributed by atoms with E-state index in [4.69, 9.17) is 11.6 Å². The van der Waals surface area contributed by atoms with Crippen LogP contribution in [0.25, 0.3) is 0 Å². The Balaban J connectivity index is 1.84. The van der Waals surface area contributed by atoms with E-state index in [0.717, 1.165) is 17.7 Å². The Kier molecular flexibility index (Phi) is 6.08. The van der Waals surface area contributed by atoms with Crippen LogP contribution in [-0.4, -0.2) is 24.3 Å². The zero-order valence-electron chi connectivity index (χ0n) is 13.2. The van der Waals surface area contributed by atoms with Gasteiger partial charge in [-0.1, -0.05) is 17.7 Å². The molecule has 0 unspecified atom stereocenters. The molecule has 8 heteroatoms. The number of hydrogen-bond acceptors (Lipinski definition) is 3. The lowest BCUT2D eigenvalue weighted by Crippen LogP contribution is -2.39. The first-order valence-corrected chi connectivity index (χ1v) is 7.63. The molecular formula is C17H15ClFN3O3. The smallest absolute Gasteiger partial charge is 0.313 e. The van der Waals surface area contributed by atoms with Crippen molar-refractivity contribution < 1.29 is 18.8 Å². The highest BCUT2D eigenvalue weighted by Crippen LogP contribution is 2.19. The summed E-state index contributed by atoms with van der Waals surface area (Å²) in [7, 11) is 0. The number of rotatable bonds is 4. The summed E-state index contributed by atoms with van der Waals surface area (Å²) < 4.78 is 12.8. The van der Waals surface area contributed by atoms with Crippen LogP contribution < -0.4 is 16.0 Å². The minimum Gasteiger partial charge on any atom is -0.339 e. The molecule has 6 nitrogen and oxygen atoms in total. The zero-order chi connectivity index (χ0) is 18.4. The van der Waals surface area contributed by atoms with Crippen molar-refractivity contribution in [1.29, 1.82) is 0 Å². The topological polar surface area (TPSA) is 87.3 Å². The summed E-state index contributed by atoms with van der Waals surface area (Å²) in [4.78, 5) is 35.3. The molecule has 0 spiro atoms. The fraction of sp³-hybridized carbons (Fsp3) is 0.118. The Morgan fingerprint density at radius 2 is 1.68 bits per heavy atom. The maximum Gasteiger partial charge on any atom is 0.313 e. The summed E-state index contributed by atoms with van der Waals surface area (Å²) in [6, 6.07) is 9.94. The average molecular weight is 364 g/mol. The van der Waals surface area contributed by atoms with E-state index < -0.39 is 23.5 Å². The number of amides is 3. The molecule has 0 saturated heterocycles. The van der Waals surface area contributed by atoms with Gasteiger partial charge >= 0.3 is 11.8 Å². The number of carbonyl (C=O) groups is 3. The highest BCUT2D eigenvalue weighted by Gasteiger charge is 2.15. The summed E-state index contributed by atoms with van der Waals surface area (Å²) in [5.41, 5.74) is 1.58. The van der Waals surface area contributed by atoms with E-state index in [1.165, 1.54) is 12.1 Å². The number of carbonyl (C=O) groups excluding carboxylic acids is 3. The maximum atomic E-state index is 12.8. The van der Waals surface area contributed by atoms with Crippen LogP contribution in [0.3, 0.4) is 0 Å². The summed E-state index contributed by atoms with van der Waals surface area (Å²) in [5, 5.41) is 7.54. The van der Waals surface area contributed by atoms with Crippen LogP contribution in [0.4, 0.5) is 15.8 Å². The standard InChI is InChI=1S/C17H15ClFN3O3/c1-10-2-3-11(18)8-14(10)22-15(23)9-20-16(24)17(25)21-13-6-4-12(19)5-7-13/h2-8H,9H2,1H3,(H,20,24)(H,21,25)(H,22,23). The molecule has 0 bridgehead atoms. The monoisotopic (exact) mass is 363 g/mol. The summed E-state index contributed by atoms with van der Waals surface area (Å²) in [6.45, 7) is 1.41. The van der Waals surface area contributed by atoms with Crippen molar-refractivity contribution in [3.05, 3.63) is 58.9 Å². The van der Waals surface area contributed by atoms with Gasteiger partial charge in [0.25, 0.3) is 0 Å². The van der Waals surface area contributed by atoms with Gasteiger partial charge in [0, 0.05) is 16.4 Å². The molecule has 0 aliphatic carbocycles. The van der Waals surface area contributed by atoms with Crippen LogP contribution in [-0.2, 0) is 14.4 Å². The Labute approximate surface area is 148 Å². The van der Waals surface area contributed by atoms with Crippen molar-refractivity contribution in [3.63, 3.8) is 0 Å². The second-order valence-corrected chi connectivity index (χ2v) is 5.59. The molecule has 0 radical (unpaired) electrons. The first-order chi connectivity index (χ1) is 11.8. The summed E-state index contributed by atoms with van der Waals surface area (Å²) >= 11 is 5.86. The van der Waals surface area contributed by atoms with Crippen molar-refractivity contribution in [2.24, 2.45) is 0 Å². The molecule has 0 aromatic heterocycles. The van der Waals surface area contributed by atoms with Gasteiger partial charge in [-0.25, -0.2) is 4.39 Å². The van der Waals surface area contributed by atoms with E-state index in [2.05, 4.69) is 16.0 Å². The van der Waals surface area contributed by atoms with Crippen LogP contribution in [0, 0.1) is 12.7 Å². The van der Waals surface area contributed by atoms with Crippen molar-refractivity contribution in [2.45, 2.75) is 6.92 Å². The summed E-state index contributed by atoms with van der Waals surface area (Å²) in [6.07, 6.45) is 0. The molecule has 0 atom stereocenters. The molecule has 0 saturated carbocycles. The summed E-state index contributed by atoms with van der Waals surface area (Å²) in [5.74, 6) is -2.91. The molecule has 2 aromatic carbocycles. The first kappa shape index (κ1) is 18.4. The number of aryl methyl sites for hydroxylation is 1. The average Bonchev–Trinajstić information content (AvgIpc) is 2.58. The van der Waals surface area contributed by atoms with Gasteiger partial charge < -0.3 is 16.0 Å². The van der Waals surface area contributed by atoms with Gasteiger partial charge in [0.2, 0.25) is 5.91 Å². The molecule has 0 heterocycles. The molecule has 130 valence electrons. The molecule has 2 aromatic rings. The largest absolute Gasteiger partial charge is 0.339 e. The number of nitrogens with one attached hydrogen (secondary N) is 3. The molecule has 0 aliphatic heterocycles. The SMILES string of the molecule is Cc1ccc(Cl)cc1NC(=O)CNC(=O)C(=O)Nc1ccc(F)cc1.